The number of imide groups is 1. The Labute approximate surface area is 173 Å². The molecule has 1 aromatic carbocycles. The molecule has 0 saturated carbocycles. The Morgan fingerprint density at radius 2 is 1.56 bits per heavy atom. The second-order valence-electron chi connectivity index (χ2n) is 6.83. The van der Waals surface area contributed by atoms with Crippen LogP contribution in [0.15, 0.2) is 12.1 Å². The SMILES string of the molecule is CSCC[C@H](C(=O)N1CCCCCC1)N1C(=O)c2cc(Cl)c(Cl)cc2C1=O. The Morgan fingerprint density at radius 3 is 2.04 bits per heavy atom. The van der Waals surface area contributed by atoms with Gasteiger partial charge in [-0.25, -0.2) is 0 Å². The van der Waals surface area contributed by atoms with Crippen molar-refractivity contribution < 1.29 is 14.4 Å². The van der Waals surface area contributed by atoms with Crippen molar-refractivity contribution in [2.75, 3.05) is 25.1 Å². The first-order valence-corrected chi connectivity index (χ1v) is 11.3. The highest BCUT2D eigenvalue weighted by Crippen LogP contribution is 2.33. The molecule has 0 spiro atoms. The number of hydrogen-bond acceptors (Lipinski definition) is 4. The van der Waals surface area contributed by atoms with E-state index in [1.807, 2.05) is 11.2 Å². The molecule has 1 fully saturated rings. The Kier molecular flexibility index (Phi) is 6.71. The van der Waals surface area contributed by atoms with Gasteiger partial charge in [-0.15, -0.1) is 0 Å². The number of rotatable bonds is 5. The van der Waals surface area contributed by atoms with Crippen LogP contribution in [0.5, 0.6) is 0 Å². The molecule has 3 rings (SSSR count). The Hall–Kier alpha value is -1.24. The Balaban J connectivity index is 1.92. The van der Waals surface area contributed by atoms with E-state index < -0.39 is 17.9 Å². The van der Waals surface area contributed by atoms with Gasteiger partial charge in [0.2, 0.25) is 5.91 Å². The van der Waals surface area contributed by atoms with Crippen LogP contribution in [-0.2, 0) is 4.79 Å². The molecular weight excluding hydrogens is 407 g/mol. The van der Waals surface area contributed by atoms with E-state index in [0.29, 0.717) is 25.3 Å². The average molecular weight is 429 g/mol. The van der Waals surface area contributed by atoms with Crippen molar-refractivity contribution in [1.29, 1.82) is 0 Å². The van der Waals surface area contributed by atoms with Crippen LogP contribution < -0.4 is 0 Å². The number of thioether (sulfide) groups is 1. The number of carbonyl (C=O) groups excluding carboxylic acids is 3. The molecule has 146 valence electrons. The number of amides is 3. The molecule has 0 bridgehead atoms. The van der Waals surface area contributed by atoms with Gasteiger partial charge in [0.25, 0.3) is 11.8 Å². The molecule has 1 saturated heterocycles. The summed E-state index contributed by atoms with van der Waals surface area (Å²) in [5, 5.41) is 0.441. The van der Waals surface area contributed by atoms with Crippen molar-refractivity contribution in [2.45, 2.75) is 38.1 Å². The lowest BCUT2D eigenvalue weighted by Gasteiger charge is -2.30. The summed E-state index contributed by atoms with van der Waals surface area (Å²) >= 11 is 13.6. The molecule has 1 atom stereocenters. The van der Waals surface area contributed by atoms with Gasteiger partial charge in [0, 0.05) is 13.1 Å². The van der Waals surface area contributed by atoms with Gasteiger partial charge in [0.1, 0.15) is 6.04 Å². The zero-order chi connectivity index (χ0) is 19.6. The highest BCUT2D eigenvalue weighted by Gasteiger charge is 2.44. The summed E-state index contributed by atoms with van der Waals surface area (Å²) in [5.74, 6) is -0.401. The molecule has 1 aromatic rings. The van der Waals surface area contributed by atoms with Crippen LogP contribution in [0.2, 0.25) is 10.0 Å². The molecule has 0 radical (unpaired) electrons. The number of benzene rings is 1. The van der Waals surface area contributed by atoms with Gasteiger partial charge in [0.15, 0.2) is 0 Å². The number of halogens is 2. The summed E-state index contributed by atoms with van der Waals surface area (Å²) < 4.78 is 0. The monoisotopic (exact) mass is 428 g/mol. The van der Waals surface area contributed by atoms with Crippen LogP contribution in [-0.4, -0.2) is 58.7 Å². The van der Waals surface area contributed by atoms with Crippen molar-refractivity contribution in [1.82, 2.24) is 9.80 Å². The minimum absolute atomic E-state index is 0.141. The third-order valence-corrected chi connectivity index (χ3v) is 6.43. The number of nitrogens with zero attached hydrogens (tertiary/aromatic N) is 2. The molecule has 0 N–H and O–H groups in total. The molecule has 0 unspecified atom stereocenters. The van der Waals surface area contributed by atoms with E-state index in [-0.39, 0.29) is 27.1 Å². The van der Waals surface area contributed by atoms with Crippen molar-refractivity contribution >= 4 is 52.7 Å². The highest BCUT2D eigenvalue weighted by molar-refractivity contribution is 7.98. The number of fused-ring (bicyclic) bond motifs is 1. The predicted molar refractivity (Wildman–Crippen MR) is 109 cm³/mol. The smallest absolute Gasteiger partial charge is 0.262 e. The third-order valence-electron chi connectivity index (χ3n) is 5.07. The lowest BCUT2D eigenvalue weighted by molar-refractivity contribution is -0.135. The van der Waals surface area contributed by atoms with Crippen LogP contribution in [0.4, 0.5) is 0 Å². The molecule has 5 nitrogen and oxygen atoms in total. The third kappa shape index (κ3) is 4.13. The largest absolute Gasteiger partial charge is 0.341 e. The fourth-order valence-corrected chi connectivity index (χ4v) is 4.42. The standard InChI is InChI=1S/C19H22Cl2N2O3S/c1-27-9-6-16(19(26)22-7-4-2-3-5-8-22)23-17(24)12-10-14(20)15(21)11-13(12)18(23)25/h10-11,16H,2-9H2,1H3/t16-/m1/s1. The molecule has 2 aliphatic heterocycles. The summed E-state index contributed by atoms with van der Waals surface area (Å²) in [5.41, 5.74) is 0.430. The van der Waals surface area contributed by atoms with E-state index in [4.69, 9.17) is 23.2 Å². The van der Waals surface area contributed by atoms with Crippen LogP contribution in [0.3, 0.4) is 0 Å². The van der Waals surface area contributed by atoms with E-state index in [1.165, 1.54) is 12.1 Å². The van der Waals surface area contributed by atoms with Crippen LogP contribution in [0, 0.1) is 0 Å². The zero-order valence-corrected chi connectivity index (χ0v) is 17.5. The number of likely N-dealkylation sites (tertiary alicyclic amines) is 1. The van der Waals surface area contributed by atoms with Crippen LogP contribution >= 0.6 is 35.0 Å². The second kappa shape index (κ2) is 8.84. The topological polar surface area (TPSA) is 57.7 Å². The van der Waals surface area contributed by atoms with Gasteiger partial charge in [-0.05, 0) is 43.4 Å². The van der Waals surface area contributed by atoms with E-state index in [9.17, 15) is 14.4 Å². The van der Waals surface area contributed by atoms with Gasteiger partial charge in [0.05, 0.1) is 21.2 Å². The van der Waals surface area contributed by atoms with E-state index in [1.54, 1.807) is 11.8 Å². The Bertz CT molecular complexity index is 723. The molecule has 0 aromatic heterocycles. The van der Waals surface area contributed by atoms with Crippen molar-refractivity contribution in [3.8, 4) is 0 Å². The van der Waals surface area contributed by atoms with Crippen molar-refractivity contribution in [3.05, 3.63) is 33.3 Å². The van der Waals surface area contributed by atoms with E-state index >= 15 is 0 Å². The van der Waals surface area contributed by atoms with Gasteiger partial charge >= 0.3 is 0 Å². The average Bonchev–Trinajstić information content (AvgIpc) is 2.86. The summed E-state index contributed by atoms with van der Waals surface area (Å²) in [6.45, 7) is 1.35. The molecule has 0 aliphatic carbocycles. The summed E-state index contributed by atoms with van der Waals surface area (Å²) in [6, 6.07) is 2.05. The summed E-state index contributed by atoms with van der Waals surface area (Å²) in [6.07, 6.45) is 6.48. The molecular formula is C19H22Cl2N2O3S. The van der Waals surface area contributed by atoms with Gasteiger partial charge < -0.3 is 4.90 Å². The summed E-state index contributed by atoms with van der Waals surface area (Å²) in [4.78, 5) is 42.1. The molecule has 2 aliphatic rings. The first kappa shape index (κ1) is 20.5. The van der Waals surface area contributed by atoms with E-state index in [0.717, 1.165) is 30.6 Å². The van der Waals surface area contributed by atoms with Crippen molar-refractivity contribution in [3.63, 3.8) is 0 Å². The van der Waals surface area contributed by atoms with Gasteiger partial charge in [-0.2, -0.15) is 11.8 Å². The quantitative estimate of drug-likeness (QED) is 0.661. The first-order valence-electron chi connectivity index (χ1n) is 9.10. The highest BCUT2D eigenvalue weighted by atomic mass is 35.5. The van der Waals surface area contributed by atoms with E-state index in [2.05, 4.69) is 0 Å². The maximum absolute atomic E-state index is 13.2. The minimum Gasteiger partial charge on any atom is -0.341 e. The maximum atomic E-state index is 13.2. The minimum atomic E-state index is -0.791. The van der Waals surface area contributed by atoms with Gasteiger partial charge in [-0.3, -0.25) is 19.3 Å². The fourth-order valence-electron chi connectivity index (χ4n) is 3.63. The fraction of sp³-hybridized carbons (Fsp3) is 0.526. The second-order valence-corrected chi connectivity index (χ2v) is 8.63. The number of carbonyl (C=O) groups is 3. The lowest BCUT2D eigenvalue weighted by Crippen LogP contribution is -2.51. The van der Waals surface area contributed by atoms with Crippen LogP contribution in [0.1, 0.15) is 52.8 Å². The zero-order valence-electron chi connectivity index (χ0n) is 15.2. The van der Waals surface area contributed by atoms with Gasteiger partial charge in [-0.1, -0.05) is 36.0 Å². The summed E-state index contributed by atoms with van der Waals surface area (Å²) in [7, 11) is 0. The lowest BCUT2D eigenvalue weighted by atomic mass is 10.1. The number of hydrogen-bond donors (Lipinski definition) is 0. The first-order chi connectivity index (χ1) is 13.0. The van der Waals surface area contributed by atoms with Crippen LogP contribution in [0.25, 0.3) is 0 Å². The maximum Gasteiger partial charge on any atom is 0.262 e. The molecule has 8 heteroatoms. The Morgan fingerprint density at radius 1 is 1.04 bits per heavy atom. The molecule has 27 heavy (non-hydrogen) atoms. The van der Waals surface area contributed by atoms with Crippen molar-refractivity contribution in [2.24, 2.45) is 0 Å². The molecule has 3 amide bonds. The predicted octanol–water partition coefficient (Wildman–Crippen LogP) is 4.11. The molecule has 2 heterocycles. The normalized spacial score (nSPS) is 18.5.